The molecule has 0 unspecified atom stereocenters. The van der Waals surface area contributed by atoms with Crippen LogP contribution in [0.5, 0.6) is 0 Å². The van der Waals surface area contributed by atoms with E-state index >= 15 is 0 Å². The average Bonchev–Trinajstić information content (AvgIpc) is 2.46. The van der Waals surface area contributed by atoms with Crippen LogP contribution in [0.1, 0.15) is 64.4 Å². The molecular formula is C17H26O2. The molecule has 0 radical (unpaired) electrons. The van der Waals surface area contributed by atoms with Crippen LogP contribution < -0.4 is 0 Å². The Balaban J connectivity index is 2.48. The summed E-state index contributed by atoms with van der Waals surface area (Å²) in [6.07, 6.45) is 5.51. The summed E-state index contributed by atoms with van der Waals surface area (Å²) >= 11 is 0. The minimum Gasteiger partial charge on any atom is -0.462 e. The summed E-state index contributed by atoms with van der Waals surface area (Å²) in [6.45, 7) is 6.18. The van der Waals surface area contributed by atoms with Gasteiger partial charge in [-0.3, -0.25) is 4.79 Å². The van der Waals surface area contributed by atoms with Gasteiger partial charge < -0.3 is 4.74 Å². The molecule has 106 valence electrons. The maximum absolute atomic E-state index is 12.1. The molecule has 0 N–H and O–H groups in total. The van der Waals surface area contributed by atoms with E-state index in [1.807, 2.05) is 37.3 Å². The molecule has 0 fully saturated rings. The van der Waals surface area contributed by atoms with Crippen LogP contribution in [0.25, 0.3) is 0 Å². The molecule has 1 aromatic carbocycles. The van der Waals surface area contributed by atoms with Crippen molar-refractivity contribution < 1.29 is 9.53 Å². The smallest absolute Gasteiger partial charge is 0.313 e. The van der Waals surface area contributed by atoms with E-state index in [2.05, 4.69) is 13.8 Å². The number of hydrogen-bond acceptors (Lipinski definition) is 2. The normalized spacial score (nSPS) is 13.8. The molecule has 2 nitrogen and oxygen atoms in total. The van der Waals surface area contributed by atoms with Gasteiger partial charge in [-0.15, -0.1) is 0 Å². The monoisotopic (exact) mass is 262 g/mol. The highest BCUT2D eigenvalue weighted by molar-refractivity contribution is 5.77. The molecule has 0 aliphatic carbocycles. The van der Waals surface area contributed by atoms with Crippen LogP contribution in [-0.4, -0.2) is 12.1 Å². The van der Waals surface area contributed by atoms with E-state index in [9.17, 15) is 4.79 Å². The Bertz CT molecular complexity index is 359. The highest BCUT2D eigenvalue weighted by Crippen LogP contribution is 2.19. The second-order valence-electron chi connectivity index (χ2n) is 5.10. The summed E-state index contributed by atoms with van der Waals surface area (Å²) in [7, 11) is 0. The van der Waals surface area contributed by atoms with Crippen molar-refractivity contribution >= 4 is 5.97 Å². The van der Waals surface area contributed by atoms with E-state index < -0.39 is 0 Å². The van der Waals surface area contributed by atoms with Gasteiger partial charge in [-0.2, -0.15) is 0 Å². The van der Waals surface area contributed by atoms with E-state index in [0.29, 0.717) is 0 Å². The van der Waals surface area contributed by atoms with Gasteiger partial charge in [0.25, 0.3) is 0 Å². The minimum atomic E-state index is -0.179. The Morgan fingerprint density at radius 2 is 1.84 bits per heavy atom. The van der Waals surface area contributed by atoms with E-state index in [1.54, 1.807) is 0 Å². The first-order chi connectivity index (χ1) is 9.19. The molecule has 0 aliphatic heterocycles. The van der Waals surface area contributed by atoms with Crippen molar-refractivity contribution in [3.05, 3.63) is 35.9 Å². The van der Waals surface area contributed by atoms with Gasteiger partial charge in [0.2, 0.25) is 0 Å². The Morgan fingerprint density at radius 1 is 1.16 bits per heavy atom. The molecule has 0 bridgehead atoms. The van der Waals surface area contributed by atoms with Crippen LogP contribution in [-0.2, 0) is 9.53 Å². The lowest BCUT2D eigenvalue weighted by molar-refractivity contribution is -0.151. The lowest BCUT2D eigenvalue weighted by Gasteiger charge is -2.19. The maximum atomic E-state index is 12.1. The topological polar surface area (TPSA) is 26.3 Å². The zero-order valence-corrected chi connectivity index (χ0v) is 12.4. The van der Waals surface area contributed by atoms with Crippen molar-refractivity contribution in [2.45, 2.75) is 64.9 Å². The van der Waals surface area contributed by atoms with Crippen molar-refractivity contribution in [2.24, 2.45) is 0 Å². The zero-order chi connectivity index (χ0) is 14.1. The molecule has 0 aliphatic rings. The third-order valence-corrected chi connectivity index (χ3v) is 3.52. The molecular weight excluding hydrogens is 236 g/mol. The van der Waals surface area contributed by atoms with Crippen molar-refractivity contribution in [3.63, 3.8) is 0 Å². The number of carbonyl (C=O) groups is 1. The van der Waals surface area contributed by atoms with Crippen molar-refractivity contribution in [1.29, 1.82) is 0 Å². The summed E-state index contributed by atoms with van der Waals surface area (Å²) in [5, 5.41) is 0. The predicted octanol–water partition coefficient (Wildman–Crippen LogP) is 4.69. The fourth-order valence-electron chi connectivity index (χ4n) is 2.11. The summed E-state index contributed by atoms with van der Waals surface area (Å²) < 4.78 is 5.62. The summed E-state index contributed by atoms with van der Waals surface area (Å²) in [5.74, 6) is -0.282. The van der Waals surface area contributed by atoms with E-state index in [4.69, 9.17) is 4.74 Å². The molecule has 19 heavy (non-hydrogen) atoms. The first-order valence-corrected chi connectivity index (χ1v) is 7.44. The Morgan fingerprint density at radius 3 is 2.42 bits per heavy atom. The molecule has 0 amide bonds. The van der Waals surface area contributed by atoms with Gasteiger partial charge in [0, 0.05) is 0 Å². The Hall–Kier alpha value is -1.31. The van der Waals surface area contributed by atoms with Crippen LogP contribution in [0.4, 0.5) is 0 Å². The lowest BCUT2D eigenvalue weighted by Crippen LogP contribution is -2.21. The van der Waals surface area contributed by atoms with Gasteiger partial charge in [-0.25, -0.2) is 0 Å². The maximum Gasteiger partial charge on any atom is 0.313 e. The van der Waals surface area contributed by atoms with Gasteiger partial charge in [0.1, 0.15) is 6.10 Å². The molecule has 0 heterocycles. The van der Waals surface area contributed by atoms with E-state index in [-0.39, 0.29) is 18.0 Å². The van der Waals surface area contributed by atoms with E-state index in [1.165, 1.54) is 12.8 Å². The van der Waals surface area contributed by atoms with Crippen molar-refractivity contribution in [3.8, 4) is 0 Å². The molecule has 0 saturated carbocycles. The highest BCUT2D eigenvalue weighted by Gasteiger charge is 2.19. The summed E-state index contributed by atoms with van der Waals surface area (Å²) in [6, 6.07) is 9.82. The first kappa shape index (κ1) is 15.7. The highest BCUT2D eigenvalue weighted by atomic mass is 16.5. The van der Waals surface area contributed by atoms with Crippen LogP contribution in [0.15, 0.2) is 30.3 Å². The number of ether oxygens (including phenoxy) is 1. The molecule has 0 spiro atoms. The molecule has 0 saturated heterocycles. The first-order valence-electron chi connectivity index (χ1n) is 7.44. The third kappa shape index (κ3) is 5.46. The second-order valence-corrected chi connectivity index (χ2v) is 5.10. The van der Waals surface area contributed by atoms with E-state index in [0.717, 1.165) is 24.8 Å². The number of unbranched alkanes of at least 4 members (excludes halogenated alkanes) is 2. The Kier molecular flexibility index (Phi) is 7.24. The second kappa shape index (κ2) is 8.73. The summed E-state index contributed by atoms with van der Waals surface area (Å²) in [4.78, 5) is 12.1. The average molecular weight is 262 g/mol. The van der Waals surface area contributed by atoms with Gasteiger partial charge >= 0.3 is 5.97 Å². The SMILES string of the molecule is CCCCC[C@H](CC)OC(=O)[C@H](C)c1ccccc1. The number of hydrogen-bond donors (Lipinski definition) is 0. The molecule has 0 aromatic heterocycles. The zero-order valence-electron chi connectivity index (χ0n) is 12.4. The van der Waals surface area contributed by atoms with Crippen molar-refractivity contribution in [1.82, 2.24) is 0 Å². The number of esters is 1. The van der Waals surface area contributed by atoms with Crippen LogP contribution in [0.3, 0.4) is 0 Å². The number of rotatable bonds is 8. The quantitative estimate of drug-likeness (QED) is 0.501. The van der Waals surface area contributed by atoms with Gasteiger partial charge in [0.05, 0.1) is 5.92 Å². The molecule has 2 heteroatoms. The fourth-order valence-corrected chi connectivity index (χ4v) is 2.11. The van der Waals surface area contributed by atoms with Gasteiger partial charge in [0.15, 0.2) is 0 Å². The molecule has 1 aromatic rings. The van der Waals surface area contributed by atoms with Gasteiger partial charge in [-0.05, 0) is 31.7 Å². The standard InChI is InChI=1S/C17H26O2/c1-4-6-8-13-16(5-2)19-17(18)14(3)15-11-9-7-10-12-15/h7,9-12,14,16H,4-6,8,13H2,1-3H3/t14-,16+/m1/s1. The van der Waals surface area contributed by atoms with Crippen LogP contribution >= 0.6 is 0 Å². The molecule has 1 rings (SSSR count). The van der Waals surface area contributed by atoms with Crippen LogP contribution in [0, 0.1) is 0 Å². The lowest BCUT2D eigenvalue weighted by atomic mass is 10.0. The molecule has 2 atom stereocenters. The number of benzene rings is 1. The predicted molar refractivity (Wildman–Crippen MR) is 79.2 cm³/mol. The number of carbonyl (C=O) groups excluding carboxylic acids is 1. The minimum absolute atomic E-state index is 0.0743. The fraction of sp³-hybridized carbons (Fsp3) is 0.588. The summed E-state index contributed by atoms with van der Waals surface area (Å²) in [5.41, 5.74) is 1.02. The van der Waals surface area contributed by atoms with Crippen LogP contribution in [0.2, 0.25) is 0 Å². The third-order valence-electron chi connectivity index (χ3n) is 3.52. The van der Waals surface area contributed by atoms with Gasteiger partial charge in [-0.1, -0.05) is 57.0 Å². The largest absolute Gasteiger partial charge is 0.462 e. The van der Waals surface area contributed by atoms with Crippen molar-refractivity contribution in [2.75, 3.05) is 0 Å². The Labute approximate surface area is 117 Å².